The van der Waals surface area contributed by atoms with Gasteiger partial charge in [0.05, 0.1) is 0 Å². The zero-order valence-electron chi connectivity index (χ0n) is 8.12. The Morgan fingerprint density at radius 2 is 2.43 bits per heavy atom. The number of aromatic amines is 1. The van der Waals surface area contributed by atoms with Gasteiger partial charge in [-0.05, 0) is 31.4 Å². The van der Waals surface area contributed by atoms with Crippen LogP contribution in [0.15, 0.2) is 17.2 Å². The summed E-state index contributed by atoms with van der Waals surface area (Å²) in [6, 6.07) is 0.552. The minimum Gasteiger partial charge on any atom is -0.314 e. The van der Waals surface area contributed by atoms with Gasteiger partial charge in [-0.15, -0.1) is 0 Å². The molecule has 0 spiro atoms. The smallest absolute Gasteiger partial charge is 0.314 e. The Bertz CT molecular complexity index is 321. The molecule has 4 heteroatoms. The second-order valence-corrected chi connectivity index (χ2v) is 3.78. The molecule has 1 aliphatic rings. The maximum absolute atomic E-state index is 10.7. The number of hydrogen-bond acceptors (Lipinski definition) is 3. The van der Waals surface area contributed by atoms with Crippen molar-refractivity contribution in [2.45, 2.75) is 31.7 Å². The molecule has 2 rings (SSSR count). The molecule has 2 N–H and O–H groups in total. The van der Waals surface area contributed by atoms with E-state index in [-0.39, 0.29) is 5.69 Å². The zero-order chi connectivity index (χ0) is 9.80. The van der Waals surface area contributed by atoms with Crippen LogP contribution in [0.1, 0.15) is 24.8 Å². The first kappa shape index (κ1) is 9.40. The summed E-state index contributed by atoms with van der Waals surface area (Å²) in [6.45, 7) is 1.11. The molecule has 1 unspecified atom stereocenters. The molecule has 2 heterocycles. The van der Waals surface area contributed by atoms with E-state index in [9.17, 15) is 4.79 Å². The summed E-state index contributed by atoms with van der Waals surface area (Å²) in [6.07, 6.45) is 8.18. The molecule has 0 aromatic carbocycles. The molecule has 0 amide bonds. The van der Waals surface area contributed by atoms with E-state index in [1.54, 1.807) is 12.4 Å². The molecule has 4 nitrogen and oxygen atoms in total. The van der Waals surface area contributed by atoms with E-state index in [1.165, 1.54) is 19.3 Å². The van der Waals surface area contributed by atoms with Crippen molar-refractivity contribution >= 4 is 0 Å². The van der Waals surface area contributed by atoms with Crippen LogP contribution in [0.5, 0.6) is 0 Å². The standard InChI is InChI=1S/C10H15N3O/c14-10-12-6-8(7-13-10)5-9-3-1-2-4-11-9/h6-7,9,11H,1-5H2,(H,12,13,14). The van der Waals surface area contributed by atoms with E-state index < -0.39 is 0 Å². The molecule has 1 aromatic rings. The van der Waals surface area contributed by atoms with Gasteiger partial charge in [0, 0.05) is 18.4 Å². The lowest BCUT2D eigenvalue weighted by Gasteiger charge is -2.23. The van der Waals surface area contributed by atoms with Crippen molar-refractivity contribution in [1.29, 1.82) is 0 Å². The maximum Gasteiger partial charge on any atom is 0.344 e. The van der Waals surface area contributed by atoms with Crippen LogP contribution in [0.3, 0.4) is 0 Å². The molecule has 14 heavy (non-hydrogen) atoms. The summed E-state index contributed by atoms with van der Waals surface area (Å²) in [5, 5.41) is 3.46. The van der Waals surface area contributed by atoms with Crippen molar-refractivity contribution in [3.8, 4) is 0 Å². The Labute approximate surface area is 82.8 Å². The minimum absolute atomic E-state index is 0.273. The summed E-state index contributed by atoms with van der Waals surface area (Å²) < 4.78 is 0. The molecule has 1 fully saturated rings. The number of piperidine rings is 1. The zero-order valence-corrected chi connectivity index (χ0v) is 8.12. The van der Waals surface area contributed by atoms with Gasteiger partial charge in [0.2, 0.25) is 0 Å². The molecule has 1 aliphatic heterocycles. The predicted molar refractivity (Wildman–Crippen MR) is 54.2 cm³/mol. The summed E-state index contributed by atoms with van der Waals surface area (Å²) in [4.78, 5) is 17.0. The fourth-order valence-corrected chi connectivity index (χ4v) is 1.86. The first-order valence-corrected chi connectivity index (χ1v) is 5.11. The van der Waals surface area contributed by atoms with E-state index in [2.05, 4.69) is 15.3 Å². The summed E-state index contributed by atoms with van der Waals surface area (Å²) in [5.74, 6) is 0. The molecule has 1 atom stereocenters. The fourth-order valence-electron chi connectivity index (χ4n) is 1.86. The summed E-state index contributed by atoms with van der Waals surface area (Å²) in [5.41, 5.74) is 0.828. The Balaban J connectivity index is 1.96. The Kier molecular flexibility index (Phi) is 2.93. The number of rotatable bonds is 2. The number of aromatic nitrogens is 2. The van der Waals surface area contributed by atoms with Gasteiger partial charge in [0.1, 0.15) is 0 Å². The molecular formula is C10H15N3O. The lowest BCUT2D eigenvalue weighted by Crippen LogP contribution is -2.35. The average molecular weight is 193 g/mol. The van der Waals surface area contributed by atoms with Crippen molar-refractivity contribution in [2.24, 2.45) is 0 Å². The predicted octanol–water partition coefficient (Wildman–Crippen LogP) is 0.455. The number of nitrogens with one attached hydrogen (secondary N) is 2. The molecular weight excluding hydrogens is 178 g/mol. The highest BCUT2D eigenvalue weighted by atomic mass is 16.1. The van der Waals surface area contributed by atoms with Crippen LogP contribution in [-0.4, -0.2) is 22.6 Å². The van der Waals surface area contributed by atoms with Crippen LogP contribution in [-0.2, 0) is 6.42 Å². The fraction of sp³-hybridized carbons (Fsp3) is 0.600. The monoisotopic (exact) mass is 193 g/mol. The Hall–Kier alpha value is -1.16. The van der Waals surface area contributed by atoms with E-state index >= 15 is 0 Å². The van der Waals surface area contributed by atoms with Crippen LogP contribution >= 0.6 is 0 Å². The van der Waals surface area contributed by atoms with E-state index in [0.29, 0.717) is 6.04 Å². The molecule has 1 saturated heterocycles. The number of nitrogens with zero attached hydrogens (tertiary/aromatic N) is 1. The largest absolute Gasteiger partial charge is 0.344 e. The average Bonchev–Trinajstić information content (AvgIpc) is 2.23. The van der Waals surface area contributed by atoms with Crippen molar-refractivity contribution in [3.05, 3.63) is 28.4 Å². The maximum atomic E-state index is 10.7. The normalized spacial score (nSPS) is 22.1. The van der Waals surface area contributed by atoms with Crippen molar-refractivity contribution in [2.75, 3.05) is 6.54 Å². The lowest BCUT2D eigenvalue weighted by atomic mass is 9.99. The Morgan fingerprint density at radius 3 is 3.07 bits per heavy atom. The van der Waals surface area contributed by atoms with Gasteiger partial charge in [0.25, 0.3) is 0 Å². The van der Waals surface area contributed by atoms with E-state index in [0.717, 1.165) is 18.5 Å². The highest BCUT2D eigenvalue weighted by Gasteiger charge is 2.12. The SMILES string of the molecule is O=c1ncc(CC2CCCCN2)c[nH]1. The lowest BCUT2D eigenvalue weighted by molar-refractivity contribution is 0.399. The second kappa shape index (κ2) is 4.37. The third-order valence-corrected chi connectivity index (χ3v) is 2.62. The van der Waals surface area contributed by atoms with Crippen molar-refractivity contribution < 1.29 is 0 Å². The van der Waals surface area contributed by atoms with Crippen LogP contribution in [0, 0.1) is 0 Å². The molecule has 0 radical (unpaired) electrons. The van der Waals surface area contributed by atoms with Gasteiger partial charge in [-0.25, -0.2) is 9.78 Å². The topological polar surface area (TPSA) is 57.8 Å². The summed E-state index contributed by atoms with van der Waals surface area (Å²) >= 11 is 0. The summed E-state index contributed by atoms with van der Waals surface area (Å²) in [7, 11) is 0. The van der Waals surface area contributed by atoms with Gasteiger partial charge < -0.3 is 10.3 Å². The highest BCUT2D eigenvalue weighted by Crippen LogP contribution is 2.10. The highest BCUT2D eigenvalue weighted by molar-refractivity contribution is 5.05. The van der Waals surface area contributed by atoms with Gasteiger partial charge in [-0.1, -0.05) is 6.42 Å². The quantitative estimate of drug-likeness (QED) is 0.717. The minimum atomic E-state index is -0.273. The van der Waals surface area contributed by atoms with E-state index in [4.69, 9.17) is 0 Å². The van der Waals surface area contributed by atoms with Crippen LogP contribution in [0.25, 0.3) is 0 Å². The van der Waals surface area contributed by atoms with Crippen LogP contribution < -0.4 is 11.0 Å². The van der Waals surface area contributed by atoms with Crippen molar-refractivity contribution in [3.63, 3.8) is 0 Å². The van der Waals surface area contributed by atoms with Crippen LogP contribution in [0.2, 0.25) is 0 Å². The van der Waals surface area contributed by atoms with E-state index in [1.807, 2.05) is 0 Å². The first-order valence-electron chi connectivity index (χ1n) is 5.11. The first-order chi connectivity index (χ1) is 6.84. The van der Waals surface area contributed by atoms with Gasteiger partial charge in [-0.2, -0.15) is 0 Å². The molecule has 0 aliphatic carbocycles. The third-order valence-electron chi connectivity index (χ3n) is 2.62. The molecule has 0 bridgehead atoms. The number of hydrogen-bond donors (Lipinski definition) is 2. The van der Waals surface area contributed by atoms with Gasteiger partial charge in [-0.3, -0.25) is 0 Å². The van der Waals surface area contributed by atoms with Crippen LogP contribution in [0.4, 0.5) is 0 Å². The Morgan fingerprint density at radius 1 is 1.50 bits per heavy atom. The molecule has 0 saturated carbocycles. The number of H-pyrrole nitrogens is 1. The van der Waals surface area contributed by atoms with Gasteiger partial charge >= 0.3 is 5.69 Å². The second-order valence-electron chi connectivity index (χ2n) is 3.78. The van der Waals surface area contributed by atoms with Crippen molar-refractivity contribution in [1.82, 2.24) is 15.3 Å². The molecule has 1 aromatic heterocycles. The molecule has 76 valence electrons. The third kappa shape index (κ3) is 2.42. The van der Waals surface area contributed by atoms with Gasteiger partial charge in [0.15, 0.2) is 0 Å².